The van der Waals surface area contributed by atoms with Gasteiger partial charge in [0, 0.05) is 34.1 Å². The molecule has 160 valence electrons. The van der Waals surface area contributed by atoms with Crippen molar-refractivity contribution >= 4 is 38.9 Å². The quantitative estimate of drug-likeness (QED) is 0.459. The largest absolute Gasteiger partial charge is 0.488 e. The molecular weight excluding hydrogens is 448 g/mol. The highest BCUT2D eigenvalue weighted by Crippen LogP contribution is 2.42. The monoisotopic (exact) mass is 464 g/mol. The maximum Gasteiger partial charge on any atom is 0.265 e. The smallest absolute Gasteiger partial charge is 0.265 e. The van der Waals surface area contributed by atoms with Crippen LogP contribution in [-0.4, -0.2) is 24.3 Å². The summed E-state index contributed by atoms with van der Waals surface area (Å²) < 4.78 is 33.0. The molecule has 4 aromatic rings. The van der Waals surface area contributed by atoms with Crippen molar-refractivity contribution in [2.75, 3.05) is 10.0 Å². The second-order valence-corrected chi connectivity index (χ2v) is 9.64. The number of nitrogens with zero attached hydrogens (tertiary/aromatic N) is 2. The topological polar surface area (TPSA) is 110 Å². The average molecular weight is 465 g/mol. The number of fused-ring (bicyclic) bond motifs is 3. The van der Waals surface area contributed by atoms with Gasteiger partial charge < -0.3 is 10.1 Å². The first kappa shape index (κ1) is 20.2. The summed E-state index contributed by atoms with van der Waals surface area (Å²) in [6, 6.07) is 17.0. The molecule has 8 nitrogen and oxygen atoms in total. The fraction of sp³-hybridized carbons (Fsp3) is 0.0455. The summed E-state index contributed by atoms with van der Waals surface area (Å²) in [5.74, 6) is 0.519. The number of rotatable bonds is 5. The standard InChI is InChI=1S/C22H16N4O4S2/c27-21(19-12-14-13-30-18-5-2-1-4-17(18)20(14)31-19)25-15-6-8-16(9-7-15)32(28,29)26-22-23-10-3-11-24-22/h1-12H,13H2,(H,25,27)(H,23,24,26). The molecule has 0 saturated heterocycles. The van der Waals surface area contributed by atoms with Crippen LogP contribution in [0.15, 0.2) is 78.0 Å². The van der Waals surface area contributed by atoms with Crippen LogP contribution in [0.3, 0.4) is 0 Å². The molecule has 0 spiro atoms. The molecule has 0 saturated carbocycles. The first-order valence-corrected chi connectivity index (χ1v) is 11.9. The zero-order valence-electron chi connectivity index (χ0n) is 16.5. The molecule has 0 bridgehead atoms. The van der Waals surface area contributed by atoms with Crippen LogP contribution >= 0.6 is 11.3 Å². The van der Waals surface area contributed by atoms with Gasteiger partial charge in [0.05, 0.1) is 9.77 Å². The van der Waals surface area contributed by atoms with E-state index in [0.29, 0.717) is 17.2 Å². The Balaban J connectivity index is 1.32. The number of benzene rings is 2. The summed E-state index contributed by atoms with van der Waals surface area (Å²) in [5.41, 5.74) is 2.42. The van der Waals surface area contributed by atoms with Gasteiger partial charge >= 0.3 is 0 Å². The first-order valence-electron chi connectivity index (χ1n) is 9.56. The molecule has 1 aliphatic rings. The second-order valence-electron chi connectivity index (χ2n) is 6.91. The number of carbonyl (C=O) groups excluding carboxylic acids is 1. The lowest BCUT2D eigenvalue weighted by Crippen LogP contribution is -2.15. The summed E-state index contributed by atoms with van der Waals surface area (Å²) in [7, 11) is -3.84. The predicted octanol–water partition coefficient (Wildman–Crippen LogP) is 4.15. The van der Waals surface area contributed by atoms with Gasteiger partial charge in [0.2, 0.25) is 5.95 Å². The summed E-state index contributed by atoms with van der Waals surface area (Å²) in [4.78, 5) is 22.1. The van der Waals surface area contributed by atoms with Gasteiger partial charge in [0.15, 0.2) is 0 Å². The summed E-state index contributed by atoms with van der Waals surface area (Å²) in [5, 5.41) is 2.81. The third-order valence-electron chi connectivity index (χ3n) is 4.76. The Bertz CT molecular complexity index is 1400. The van der Waals surface area contributed by atoms with E-state index in [-0.39, 0.29) is 16.8 Å². The molecule has 0 fully saturated rings. The Morgan fingerprint density at radius 1 is 1.00 bits per heavy atom. The minimum absolute atomic E-state index is 0.0166. The molecule has 0 aliphatic carbocycles. The van der Waals surface area contributed by atoms with E-state index in [4.69, 9.17) is 4.74 Å². The van der Waals surface area contributed by atoms with E-state index >= 15 is 0 Å². The third-order valence-corrected chi connectivity index (χ3v) is 7.32. The highest BCUT2D eigenvalue weighted by Gasteiger charge is 2.22. The molecule has 10 heteroatoms. The van der Waals surface area contributed by atoms with Gasteiger partial charge in [-0.3, -0.25) is 4.79 Å². The SMILES string of the molecule is O=C(Nc1ccc(S(=O)(=O)Nc2ncccn2)cc1)c1cc2c(s1)-c1ccccc1OC2. The van der Waals surface area contributed by atoms with E-state index in [9.17, 15) is 13.2 Å². The summed E-state index contributed by atoms with van der Waals surface area (Å²) >= 11 is 1.40. The van der Waals surface area contributed by atoms with Crippen LogP contribution in [0.1, 0.15) is 15.2 Å². The first-order chi connectivity index (χ1) is 15.5. The van der Waals surface area contributed by atoms with Gasteiger partial charge in [-0.2, -0.15) is 0 Å². The van der Waals surface area contributed by atoms with Crippen molar-refractivity contribution in [2.45, 2.75) is 11.5 Å². The van der Waals surface area contributed by atoms with Gasteiger partial charge in [-0.1, -0.05) is 12.1 Å². The Kier molecular flexibility index (Phi) is 5.08. The van der Waals surface area contributed by atoms with Gasteiger partial charge in [0.1, 0.15) is 12.4 Å². The zero-order chi connectivity index (χ0) is 22.1. The van der Waals surface area contributed by atoms with Crippen LogP contribution in [0.2, 0.25) is 0 Å². The number of hydrogen-bond acceptors (Lipinski definition) is 7. The van der Waals surface area contributed by atoms with Crippen molar-refractivity contribution in [3.8, 4) is 16.2 Å². The number of thiophene rings is 1. The molecule has 1 amide bonds. The number of nitrogens with one attached hydrogen (secondary N) is 2. The molecule has 2 N–H and O–H groups in total. The molecule has 3 heterocycles. The number of ether oxygens (including phenoxy) is 1. The molecule has 0 radical (unpaired) electrons. The average Bonchev–Trinajstić information content (AvgIpc) is 3.25. The molecule has 0 atom stereocenters. The van der Waals surface area contributed by atoms with Crippen molar-refractivity contribution in [2.24, 2.45) is 0 Å². The number of para-hydroxylation sites is 1. The van der Waals surface area contributed by atoms with Crippen molar-refractivity contribution < 1.29 is 17.9 Å². The molecular formula is C22H16N4O4S2. The minimum atomic E-state index is -3.84. The number of carbonyl (C=O) groups is 1. The van der Waals surface area contributed by atoms with E-state index in [1.807, 2.05) is 30.3 Å². The molecule has 0 unspecified atom stereocenters. The Labute approximate surface area is 188 Å². The summed E-state index contributed by atoms with van der Waals surface area (Å²) in [6.45, 7) is 0.417. The second kappa shape index (κ2) is 8.06. The van der Waals surface area contributed by atoms with E-state index in [1.54, 1.807) is 6.07 Å². The Morgan fingerprint density at radius 3 is 2.53 bits per heavy atom. The number of aromatic nitrogens is 2. The predicted molar refractivity (Wildman–Crippen MR) is 121 cm³/mol. The lowest BCUT2D eigenvalue weighted by atomic mass is 10.1. The van der Waals surface area contributed by atoms with Crippen LogP contribution in [0.5, 0.6) is 5.75 Å². The highest BCUT2D eigenvalue weighted by atomic mass is 32.2. The maximum absolute atomic E-state index is 12.8. The van der Waals surface area contributed by atoms with Crippen molar-refractivity contribution in [3.63, 3.8) is 0 Å². The molecule has 2 aromatic heterocycles. The van der Waals surface area contributed by atoms with Crippen LogP contribution in [0.25, 0.3) is 10.4 Å². The van der Waals surface area contributed by atoms with Crippen molar-refractivity contribution in [3.05, 3.63) is 83.5 Å². The van der Waals surface area contributed by atoms with E-state index in [1.165, 1.54) is 48.0 Å². The number of sulfonamides is 1. The van der Waals surface area contributed by atoms with Gasteiger partial charge in [-0.15, -0.1) is 11.3 Å². The molecule has 1 aliphatic heterocycles. The lowest BCUT2D eigenvalue weighted by molar-refractivity contribution is 0.103. The van der Waals surface area contributed by atoms with E-state index in [2.05, 4.69) is 20.0 Å². The fourth-order valence-electron chi connectivity index (χ4n) is 3.25. The zero-order valence-corrected chi connectivity index (χ0v) is 18.1. The van der Waals surface area contributed by atoms with E-state index in [0.717, 1.165) is 21.8 Å². The van der Waals surface area contributed by atoms with Gasteiger partial charge in [0.25, 0.3) is 15.9 Å². The molecule has 2 aromatic carbocycles. The van der Waals surface area contributed by atoms with Crippen molar-refractivity contribution in [1.82, 2.24) is 9.97 Å². The van der Waals surface area contributed by atoms with Crippen LogP contribution in [0, 0.1) is 0 Å². The number of amides is 1. The molecule has 5 rings (SSSR count). The lowest BCUT2D eigenvalue weighted by Gasteiger charge is -2.16. The minimum Gasteiger partial charge on any atom is -0.488 e. The fourth-order valence-corrected chi connectivity index (χ4v) is 5.30. The van der Waals surface area contributed by atoms with Crippen LogP contribution < -0.4 is 14.8 Å². The van der Waals surface area contributed by atoms with Crippen molar-refractivity contribution in [1.29, 1.82) is 0 Å². The Morgan fingerprint density at radius 2 is 1.75 bits per heavy atom. The number of hydrogen-bond donors (Lipinski definition) is 2. The van der Waals surface area contributed by atoms with E-state index < -0.39 is 10.0 Å². The van der Waals surface area contributed by atoms with Crippen LogP contribution in [0.4, 0.5) is 11.6 Å². The third kappa shape index (κ3) is 3.93. The van der Waals surface area contributed by atoms with Crippen LogP contribution in [-0.2, 0) is 16.6 Å². The molecule has 32 heavy (non-hydrogen) atoms. The van der Waals surface area contributed by atoms with Gasteiger partial charge in [-0.25, -0.2) is 23.1 Å². The normalized spacial score (nSPS) is 12.2. The summed E-state index contributed by atoms with van der Waals surface area (Å²) in [6.07, 6.45) is 2.88. The number of anilines is 2. The Hall–Kier alpha value is -3.76. The highest BCUT2D eigenvalue weighted by molar-refractivity contribution is 7.92. The maximum atomic E-state index is 12.8. The van der Waals surface area contributed by atoms with Gasteiger partial charge in [-0.05, 0) is 48.5 Å².